The highest BCUT2D eigenvalue weighted by Crippen LogP contribution is 2.48. The number of carboxylic acids is 1. The molecule has 0 unspecified atom stereocenters. The lowest BCUT2D eigenvalue weighted by molar-refractivity contribution is -0.122. The first-order valence-electron chi connectivity index (χ1n) is 8.56. The number of aromatic nitrogens is 1. The summed E-state index contributed by atoms with van der Waals surface area (Å²) in [5, 5.41) is 12.0. The summed E-state index contributed by atoms with van der Waals surface area (Å²) in [7, 11) is 0. The lowest BCUT2D eigenvalue weighted by Gasteiger charge is -2.35. The summed E-state index contributed by atoms with van der Waals surface area (Å²) in [6.45, 7) is 0. The molecule has 2 heterocycles. The van der Waals surface area contributed by atoms with Crippen molar-refractivity contribution in [3.05, 3.63) is 53.2 Å². The first-order valence-corrected chi connectivity index (χ1v) is 8.56. The van der Waals surface area contributed by atoms with Gasteiger partial charge in [-0.25, -0.2) is 18.6 Å². The Hall–Kier alpha value is -3.03. The van der Waals surface area contributed by atoms with Crippen LogP contribution in [0.1, 0.15) is 41.6 Å². The molecule has 1 amide bonds. The number of carbonyl (C=O) groups excluding carboxylic acids is 1. The molecule has 4 rings (SSSR count). The van der Waals surface area contributed by atoms with Crippen molar-refractivity contribution in [1.82, 2.24) is 4.98 Å². The van der Waals surface area contributed by atoms with Gasteiger partial charge in [0.1, 0.15) is 11.9 Å². The zero-order valence-corrected chi connectivity index (χ0v) is 14.2. The molecule has 0 radical (unpaired) electrons. The summed E-state index contributed by atoms with van der Waals surface area (Å²) in [5.74, 6) is -3.13. The molecule has 1 aliphatic heterocycles. The second-order valence-corrected chi connectivity index (χ2v) is 6.86. The van der Waals surface area contributed by atoms with Gasteiger partial charge in [0, 0.05) is 11.8 Å². The Bertz CT molecular complexity index is 939. The molecule has 1 fully saturated rings. The zero-order chi connectivity index (χ0) is 19.2. The van der Waals surface area contributed by atoms with Crippen molar-refractivity contribution in [1.29, 1.82) is 0 Å². The van der Waals surface area contributed by atoms with Gasteiger partial charge in [-0.15, -0.1) is 0 Å². The number of nitrogens with zero attached hydrogens (tertiary/aromatic N) is 1. The number of anilines is 1. The van der Waals surface area contributed by atoms with Crippen molar-refractivity contribution in [2.45, 2.75) is 37.2 Å². The van der Waals surface area contributed by atoms with Crippen LogP contribution in [0, 0.1) is 11.6 Å². The number of nitrogens with one attached hydrogen (secondary N) is 1. The standard InChI is InChI=1S/C19H16F2N2O4/c20-11-8-14(21)16(22-9-11)27-12-3-5-19(6-4-12)13-7-10(17(24)25)1-2-15(13)23-18(19)26/h1-2,7-9,12H,3-6H2,(H,23,26)(H,24,25)/t12-,19+. The molecular weight excluding hydrogens is 358 g/mol. The van der Waals surface area contributed by atoms with Gasteiger partial charge in [0.2, 0.25) is 5.91 Å². The van der Waals surface area contributed by atoms with Gasteiger partial charge >= 0.3 is 5.97 Å². The minimum absolute atomic E-state index is 0.126. The highest BCUT2D eigenvalue weighted by atomic mass is 19.1. The van der Waals surface area contributed by atoms with Gasteiger partial charge < -0.3 is 15.2 Å². The Labute approximate surface area is 153 Å². The first-order chi connectivity index (χ1) is 12.9. The maximum atomic E-state index is 13.7. The monoisotopic (exact) mass is 374 g/mol. The fraction of sp³-hybridized carbons (Fsp3) is 0.316. The van der Waals surface area contributed by atoms with Crippen LogP contribution in [0.4, 0.5) is 14.5 Å². The Balaban J connectivity index is 1.54. The third-order valence-electron chi connectivity index (χ3n) is 5.30. The number of amides is 1. The molecule has 1 aliphatic carbocycles. The molecule has 1 saturated carbocycles. The van der Waals surface area contributed by atoms with Crippen LogP contribution in [0.15, 0.2) is 30.5 Å². The third-order valence-corrected chi connectivity index (χ3v) is 5.30. The molecule has 6 nitrogen and oxygen atoms in total. The van der Waals surface area contributed by atoms with Crippen molar-refractivity contribution in [2.24, 2.45) is 0 Å². The van der Waals surface area contributed by atoms with Crippen LogP contribution in [-0.4, -0.2) is 28.1 Å². The number of ether oxygens (including phenoxy) is 1. The van der Waals surface area contributed by atoms with E-state index in [1.165, 1.54) is 12.1 Å². The summed E-state index contributed by atoms with van der Waals surface area (Å²) in [6.07, 6.45) is 2.31. The smallest absolute Gasteiger partial charge is 0.335 e. The van der Waals surface area contributed by atoms with Gasteiger partial charge in [-0.3, -0.25) is 4.79 Å². The largest absolute Gasteiger partial charge is 0.478 e. The molecule has 2 aromatic rings. The summed E-state index contributed by atoms with van der Waals surface area (Å²) in [4.78, 5) is 27.5. The second-order valence-electron chi connectivity index (χ2n) is 6.86. The Kier molecular flexibility index (Phi) is 4.05. The van der Waals surface area contributed by atoms with Crippen molar-refractivity contribution < 1.29 is 28.2 Å². The molecule has 1 spiro atoms. The molecule has 0 saturated heterocycles. The number of rotatable bonds is 3. The van der Waals surface area contributed by atoms with E-state index in [0.717, 1.165) is 6.20 Å². The van der Waals surface area contributed by atoms with Crippen LogP contribution < -0.4 is 10.1 Å². The molecule has 2 aliphatic rings. The van der Waals surface area contributed by atoms with E-state index >= 15 is 0 Å². The number of hydrogen-bond donors (Lipinski definition) is 2. The number of benzene rings is 1. The number of aromatic carboxylic acids is 1. The van der Waals surface area contributed by atoms with Crippen LogP contribution in [0.25, 0.3) is 0 Å². The second kappa shape index (κ2) is 6.29. The quantitative estimate of drug-likeness (QED) is 0.861. The molecule has 1 aromatic carbocycles. The predicted molar refractivity (Wildman–Crippen MR) is 90.7 cm³/mol. The molecular formula is C19H16F2N2O4. The van der Waals surface area contributed by atoms with E-state index in [1.54, 1.807) is 6.07 Å². The number of carboxylic acid groups (broad SMARTS) is 1. The van der Waals surface area contributed by atoms with Crippen LogP contribution in [0.5, 0.6) is 5.88 Å². The summed E-state index contributed by atoms with van der Waals surface area (Å²) >= 11 is 0. The number of carbonyl (C=O) groups is 2. The highest BCUT2D eigenvalue weighted by molar-refractivity contribution is 6.07. The fourth-order valence-electron chi connectivity index (χ4n) is 3.89. The van der Waals surface area contributed by atoms with E-state index < -0.39 is 23.0 Å². The van der Waals surface area contributed by atoms with Crippen molar-refractivity contribution >= 4 is 17.6 Å². The predicted octanol–water partition coefficient (Wildman–Crippen LogP) is 3.27. The van der Waals surface area contributed by atoms with E-state index in [4.69, 9.17) is 4.74 Å². The lowest BCUT2D eigenvalue weighted by atomic mass is 9.69. The first kappa shape index (κ1) is 17.4. The van der Waals surface area contributed by atoms with E-state index in [0.29, 0.717) is 43.0 Å². The average Bonchev–Trinajstić information content (AvgIpc) is 2.90. The van der Waals surface area contributed by atoms with Gasteiger partial charge in [0.15, 0.2) is 5.82 Å². The maximum Gasteiger partial charge on any atom is 0.335 e. The average molecular weight is 374 g/mol. The number of hydrogen-bond acceptors (Lipinski definition) is 4. The Morgan fingerprint density at radius 3 is 2.67 bits per heavy atom. The summed E-state index contributed by atoms with van der Waals surface area (Å²) < 4.78 is 32.2. The molecule has 140 valence electrons. The summed E-state index contributed by atoms with van der Waals surface area (Å²) in [6, 6.07) is 5.31. The molecule has 2 N–H and O–H groups in total. The minimum Gasteiger partial charge on any atom is -0.478 e. The third kappa shape index (κ3) is 2.90. The molecule has 27 heavy (non-hydrogen) atoms. The van der Waals surface area contributed by atoms with Crippen LogP contribution in [-0.2, 0) is 10.2 Å². The Morgan fingerprint density at radius 2 is 2.00 bits per heavy atom. The zero-order valence-electron chi connectivity index (χ0n) is 14.2. The molecule has 0 bridgehead atoms. The van der Waals surface area contributed by atoms with Gasteiger partial charge in [-0.05, 0) is 49.4 Å². The van der Waals surface area contributed by atoms with Gasteiger partial charge in [0.25, 0.3) is 5.88 Å². The summed E-state index contributed by atoms with van der Waals surface area (Å²) in [5.41, 5.74) is 0.614. The van der Waals surface area contributed by atoms with Gasteiger partial charge in [0.05, 0.1) is 17.2 Å². The van der Waals surface area contributed by atoms with Crippen LogP contribution in [0.3, 0.4) is 0 Å². The van der Waals surface area contributed by atoms with E-state index in [9.17, 15) is 23.5 Å². The van der Waals surface area contributed by atoms with E-state index in [1.807, 2.05) is 0 Å². The lowest BCUT2D eigenvalue weighted by Crippen LogP contribution is -2.41. The normalized spacial score (nSPS) is 23.8. The van der Waals surface area contributed by atoms with E-state index in [2.05, 4.69) is 10.3 Å². The molecule has 0 atom stereocenters. The SMILES string of the molecule is O=C(O)c1ccc2c(c1)[C@]1(CC[C@H](Oc3ncc(F)cc3F)CC1)C(=O)N2. The van der Waals surface area contributed by atoms with Crippen molar-refractivity contribution in [2.75, 3.05) is 5.32 Å². The van der Waals surface area contributed by atoms with E-state index in [-0.39, 0.29) is 23.5 Å². The topological polar surface area (TPSA) is 88.5 Å². The number of pyridine rings is 1. The molecule has 1 aromatic heterocycles. The number of halogens is 2. The molecule has 8 heteroatoms. The maximum absolute atomic E-state index is 13.7. The van der Waals surface area contributed by atoms with Gasteiger partial charge in [-0.1, -0.05) is 0 Å². The minimum atomic E-state index is -1.05. The van der Waals surface area contributed by atoms with Crippen LogP contribution in [0.2, 0.25) is 0 Å². The van der Waals surface area contributed by atoms with Crippen molar-refractivity contribution in [3.63, 3.8) is 0 Å². The fourth-order valence-corrected chi connectivity index (χ4v) is 3.89. The Morgan fingerprint density at radius 1 is 1.26 bits per heavy atom. The van der Waals surface area contributed by atoms with Crippen LogP contribution >= 0.6 is 0 Å². The highest BCUT2D eigenvalue weighted by Gasteiger charge is 2.49. The van der Waals surface area contributed by atoms with Gasteiger partial charge in [-0.2, -0.15) is 0 Å². The number of fused-ring (bicyclic) bond motifs is 2. The van der Waals surface area contributed by atoms with Crippen molar-refractivity contribution in [3.8, 4) is 5.88 Å².